The van der Waals surface area contributed by atoms with Crippen molar-refractivity contribution < 1.29 is 7.13 Å². The minimum atomic E-state index is -0.974. The van der Waals surface area contributed by atoms with Crippen LogP contribution in [0.4, 0.5) is 4.39 Å². The normalized spacial score (nSPS) is 12.8. The molecule has 0 aliphatic carbocycles. The molecule has 1 heterocycles. The van der Waals surface area contributed by atoms with Crippen molar-refractivity contribution in [1.82, 2.24) is 4.98 Å². The molecule has 0 unspecified atom stereocenters. The highest BCUT2D eigenvalue weighted by molar-refractivity contribution is 9.10. The van der Waals surface area contributed by atoms with Gasteiger partial charge in [-0.3, -0.25) is 0 Å². The minimum Gasteiger partial charge on any atom is -0.213 e. The summed E-state index contributed by atoms with van der Waals surface area (Å²) in [6.45, 7) is 0. The molecule has 0 amide bonds. The molecule has 0 radical (unpaired) electrons. The van der Waals surface area contributed by atoms with Crippen LogP contribution in [0.15, 0.2) is 16.7 Å². The van der Waals surface area contributed by atoms with Gasteiger partial charge < -0.3 is 0 Å². The Kier molecular flexibility index (Phi) is 1.35. The third-order valence-electron chi connectivity index (χ3n) is 0.622. The average Bonchev–Trinajstić information content (AvgIpc) is 1.97. The summed E-state index contributed by atoms with van der Waals surface area (Å²) in [5.41, 5.74) is 0. The van der Waals surface area contributed by atoms with Crippen molar-refractivity contribution in [3.05, 3.63) is 27.7 Å². The van der Waals surface area contributed by atoms with Gasteiger partial charge in [0.1, 0.15) is 4.60 Å². The van der Waals surface area contributed by atoms with Gasteiger partial charge >= 0.3 is 0 Å². The van der Waals surface area contributed by atoms with Crippen molar-refractivity contribution in [2.75, 3.05) is 0 Å². The molecule has 1 nitrogen and oxygen atoms in total. The van der Waals surface area contributed by atoms with E-state index in [1.165, 1.54) is 0 Å². The Morgan fingerprint density at radius 3 is 3.11 bits per heavy atom. The van der Waals surface area contributed by atoms with E-state index in [1.807, 2.05) is 0 Å². The number of halogens is 3. The minimum absolute atomic E-state index is 0.0102. The molecule has 1 aromatic rings. The van der Waals surface area contributed by atoms with Gasteiger partial charge in [0.25, 0.3) is 0 Å². The molecule has 0 aliphatic heterocycles. The Labute approximate surface area is 67.8 Å². The maximum atomic E-state index is 12.5. The van der Waals surface area contributed by atoms with E-state index in [-0.39, 0.29) is 15.7 Å². The fourth-order valence-corrected chi connectivity index (χ4v) is 0.990. The Bertz CT molecular complexity index is 281. The Morgan fingerprint density at radius 2 is 2.44 bits per heavy atom. The van der Waals surface area contributed by atoms with Crippen LogP contribution >= 0.6 is 27.5 Å². The van der Waals surface area contributed by atoms with Crippen LogP contribution in [0.5, 0.6) is 0 Å². The molecule has 0 fully saturated rings. The van der Waals surface area contributed by atoms with E-state index in [0.29, 0.717) is 0 Å². The molecule has 1 aromatic heterocycles. The number of nitrogens with zero attached hydrogens (tertiary/aromatic N) is 1. The molecule has 0 aliphatic rings. The summed E-state index contributed by atoms with van der Waals surface area (Å²) in [5.74, 6) is -0.974. The standard InChI is InChI=1S/C5H2BrClFN/c6-4-1-3(7)2-5(8)9-4/h1-2H/i1D,2D. The smallest absolute Gasteiger partial charge is 0.213 e. The van der Waals surface area contributed by atoms with Crippen LogP contribution in [-0.2, 0) is 0 Å². The zero-order valence-corrected chi connectivity index (χ0v) is 6.42. The van der Waals surface area contributed by atoms with E-state index in [1.54, 1.807) is 0 Å². The first kappa shape index (κ1) is 4.63. The number of pyridine rings is 1. The zero-order chi connectivity index (χ0) is 8.59. The second-order valence-corrected chi connectivity index (χ2v) is 2.39. The van der Waals surface area contributed by atoms with Crippen molar-refractivity contribution in [2.24, 2.45) is 0 Å². The molecule has 1 rings (SSSR count). The van der Waals surface area contributed by atoms with Gasteiger partial charge in [-0.1, -0.05) is 11.6 Å². The number of hydrogen-bond donors (Lipinski definition) is 0. The third kappa shape index (κ3) is 1.91. The number of hydrogen-bond acceptors (Lipinski definition) is 1. The third-order valence-corrected chi connectivity index (χ3v) is 1.19. The second kappa shape index (κ2) is 2.62. The van der Waals surface area contributed by atoms with Crippen molar-refractivity contribution in [3.8, 4) is 0 Å². The number of rotatable bonds is 0. The molecule has 0 aromatic carbocycles. The van der Waals surface area contributed by atoms with Crippen molar-refractivity contribution in [3.63, 3.8) is 0 Å². The molecule has 0 atom stereocenters. The van der Waals surface area contributed by atoms with Gasteiger partial charge in [-0.15, -0.1) is 0 Å². The first-order valence-corrected chi connectivity index (χ1v) is 3.19. The van der Waals surface area contributed by atoms with Crippen molar-refractivity contribution >= 4 is 27.5 Å². The fourth-order valence-electron chi connectivity index (χ4n) is 0.354. The highest BCUT2D eigenvalue weighted by Gasteiger charge is 1.95. The maximum Gasteiger partial charge on any atom is 0.215 e. The van der Waals surface area contributed by atoms with E-state index in [4.69, 9.17) is 14.3 Å². The van der Waals surface area contributed by atoms with Gasteiger partial charge in [0.2, 0.25) is 5.95 Å². The average molecular weight is 212 g/mol. The molecule has 48 valence electrons. The molecule has 0 bridgehead atoms. The summed E-state index contributed by atoms with van der Waals surface area (Å²) in [4.78, 5) is 3.22. The lowest BCUT2D eigenvalue weighted by atomic mass is 10.5. The summed E-state index contributed by atoms with van der Waals surface area (Å²) in [6, 6.07) is -0.710. The van der Waals surface area contributed by atoms with Crippen LogP contribution in [-0.4, -0.2) is 4.98 Å². The molecule has 0 N–H and O–H groups in total. The highest BCUT2D eigenvalue weighted by Crippen LogP contribution is 2.14. The molecular formula is C5H2BrClFN. The van der Waals surface area contributed by atoms with E-state index < -0.39 is 12.0 Å². The summed E-state index contributed by atoms with van der Waals surface area (Å²) in [5, 5.41) is -0.232. The predicted molar refractivity (Wildman–Crippen MR) is 36.9 cm³/mol. The monoisotopic (exact) mass is 211 g/mol. The van der Waals surface area contributed by atoms with Gasteiger partial charge in [-0.05, 0) is 22.0 Å². The highest BCUT2D eigenvalue weighted by atomic mass is 79.9. The summed E-state index contributed by atoms with van der Waals surface area (Å²) in [7, 11) is 0. The Morgan fingerprint density at radius 1 is 1.78 bits per heavy atom. The fraction of sp³-hybridized carbons (Fsp3) is 0. The quantitative estimate of drug-likeness (QED) is 0.603. The SMILES string of the molecule is [2H]c1c(F)nc(Br)c([2H])c1Cl. The van der Waals surface area contributed by atoms with Gasteiger partial charge in [0.15, 0.2) is 0 Å². The van der Waals surface area contributed by atoms with Gasteiger partial charge in [-0.25, -0.2) is 4.98 Å². The Hall–Kier alpha value is -0.150. The molecule has 4 heteroatoms. The maximum absolute atomic E-state index is 12.5. The first-order chi connectivity index (χ1) is 5.04. The largest absolute Gasteiger partial charge is 0.215 e. The van der Waals surface area contributed by atoms with Crippen molar-refractivity contribution in [2.45, 2.75) is 0 Å². The predicted octanol–water partition coefficient (Wildman–Crippen LogP) is 2.64. The zero-order valence-electron chi connectivity index (χ0n) is 6.08. The second-order valence-electron chi connectivity index (χ2n) is 1.26. The first-order valence-electron chi connectivity index (χ1n) is 3.01. The van der Waals surface area contributed by atoms with Gasteiger partial charge in [0, 0.05) is 11.1 Å². The summed E-state index contributed by atoms with van der Waals surface area (Å²) >= 11 is 8.23. The van der Waals surface area contributed by atoms with E-state index in [9.17, 15) is 4.39 Å². The Balaban J connectivity index is 3.46. The molecule has 0 saturated carbocycles. The van der Waals surface area contributed by atoms with E-state index >= 15 is 0 Å². The van der Waals surface area contributed by atoms with Crippen molar-refractivity contribution in [1.29, 1.82) is 0 Å². The molecule has 9 heavy (non-hydrogen) atoms. The van der Waals surface area contributed by atoms with Crippen LogP contribution in [0.2, 0.25) is 5.02 Å². The topological polar surface area (TPSA) is 12.9 Å². The number of aromatic nitrogens is 1. The van der Waals surface area contributed by atoms with Crippen LogP contribution in [0.25, 0.3) is 0 Å². The lowest BCUT2D eigenvalue weighted by Gasteiger charge is -1.90. The lowest BCUT2D eigenvalue weighted by molar-refractivity contribution is 0.581. The summed E-state index contributed by atoms with van der Waals surface area (Å²) < 4.78 is 26.7. The van der Waals surface area contributed by atoms with Crippen LogP contribution in [0.1, 0.15) is 2.74 Å². The van der Waals surface area contributed by atoms with Crippen LogP contribution < -0.4 is 0 Å². The summed E-state index contributed by atoms with van der Waals surface area (Å²) in [6.07, 6.45) is 0. The lowest BCUT2D eigenvalue weighted by Crippen LogP contribution is -1.80. The van der Waals surface area contributed by atoms with Crippen LogP contribution in [0.3, 0.4) is 0 Å². The van der Waals surface area contributed by atoms with Gasteiger partial charge in [-0.2, -0.15) is 4.39 Å². The van der Waals surface area contributed by atoms with E-state index in [0.717, 1.165) is 0 Å². The molecule has 0 saturated heterocycles. The van der Waals surface area contributed by atoms with E-state index in [2.05, 4.69) is 20.9 Å². The molecule has 0 spiro atoms. The molecular weight excluding hydrogens is 208 g/mol. The van der Waals surface area contributed by atoms with Gasteiger partial charge in [0.05, 0.1) is 2.74 Å². The van der Waals surface area contributed by atoms with Crippen LogP contribution in [0, 0.1) is 5.95 Å².